The molecule has 0 saturated carbocycles. The summed E-state index contributed by atoms with van der Waals surface area (Å²) < 4.78 is 32.3. The summed E-state index contributed by atoms with van der Waals surface area (Å²) in [6.45, 7) is 8.02. The number of aliphatic hydroxyl groups excluding tert-OH is 1. The van der Waals surface area contributed by atoms with Crippen LogP contribution in [0.2, 0.25) is 5.02 Å². The molecule has 0 unspecified atom stereocenters. The van der Waals surface area contributed by atoms with Crippen molar-refractivity contribution in [1.82, 2.24) is 14.2 Å². The Kier molecular flexibility index (Phi) is 12.1. The molecule has 4 rings (SSSR count). The summed E-state index contributed by atoms with van der Waals surface area (Å²) >= 11 is 6.19. The summed E-state index contributed by atoms with van der Waals surface area (Å²) in [5.41, 5.74) is 2.22. The predicted molar refractivity (Wildman–Crippen MR) is 187 cm³/mol. The van der Waals surface area contributed by atoms with Crippen LogP contribution >= 0.6 is 11.6 Å². The van der Waals surface area contributed by atoms with E-state index in [-0.39, 0.29) is 55.8 Å². The number of aliphatic hydroxyl groups is 1. The van der Waals surface area contributed by atoms with E-state index in [1.54, 1.807) is 43.9 Å². The number of nitrogens with one attached hydrogen (secondary N) is 2. The number of ether oxygens (including phenoxy) is 1. The molecule has 0 spiro atoms. The molecule has 1 aliphatic rings. The lowest BCUT2D eigenvalue weighted by Crippen LogP contribution is -2.40. The van der Waals surface area contributed by atoms with Crippen molar-refractivity contribution in [3.05, 3.63) is 58.7 Å². The number of nitrogens with zero attached hydrogens (tertiary/aromatic N) is 3. The number of pyridine rings is 1. The number of ketones is 1. The number of Topliss-reactive ketones (excluding diaryl/α,β-unsaturated/α-hetero) is 1. The largest absolute Gasteiger partial charge is 0.484 e. The molecule has 3 N–H and O–H groups in total. The van der Waals surface area contributed by atoms with E-state index in [2.05, 4.69) is 15.6 Å². The monoisotopic (exact) mass is 701 g/mol. The van der Waals surface area contributed by atoms with Gasteiger partial charge in [-0.25, -0.2) is 8.42 Å². The van der Waals surface area contributed by atoms with Gasteiger partial charge in [-0.1, -0.05) is 32.4 Å². The van der Waals surface area contributed by atoms with Crippen molar-refractivity contribution >= 4 is 61.5 Å². The quantitative estimate of drug-likeness (QED) is 0.234. The summed E-state index contributed by atoms with van der Waals surface area (Å²) in [5, 5.41) is 17.2. The Bertz CT molecular complexity index is 1770. The van der Waals surface area contributed by atoms with Crippen molar-refractivity contribution in [1.29, 1.82) is 0 Å². The van der Waals surface area contributed by atoms with E-state index in [0.29, 0.717) is 36.5 Å². The number of sulfonamides is 1. The number of rotatable bonds is 13. The molecule has 0 bridgehead atoms. The number of fused-ring (bicyclic) bond motifs is 1. The van der Waals surface area contributed by atoms with Gasteiger partial charge in [-0.05, 0) is 62.2 Å². The lowest BCUT2D eigenvalue weighted by atomic mass is 9.91. The van der Waals surface area contributed by atoms with E-state index in [1.807, 2.05) is 19.1 Å². The van der Waals surface area contributed by atoms with Gasteiger partial charge in [-0.3, -0.25) is 19.4 Å². The third-order valence-electron chi connectivity index (χ3n) is 8.08. The normalized spacial score (nSPS) is 14.3. The van der Waals surface area contributed by atoms with Crippen molar-refractivity contribution in [2.75, 3.05) is 56.2 Å². The van der Waals surface area contributed by atoms with Gasteiger partial charge in [0.2, 0.25) is 15.9 Å². The summed E-state index contributed by atoms with van der Waals surface area (Å²) in [6.07, 6.45) is 1.47. The number of benzene rings is 2. The molecule has 2 heterocycles. The van der Waals surface area contributed by atoms with Gasteiger partial charge in [0.15, 0.2) is 5.78 Å². The van der Waals surface area contributed by atoms with Gasteiger partial charge in [-0.15, -0.1) is 0 Å². The first kappa shape index (κ1) is 37.0. The average molecular weight is 702 g/mol. The maximum Gasteiger partial charge on any atom is 0.253 e. The number of hydrogen-bond acceptors (Lipinski definition) is 9. The van der Waals surface area contributed by atoms with E-state index in [4.69, 9.17) is 16.3 Å². The van der Waals surface area contributed by atoms with Crippen LogP contribution in [0.15, 0.2) is 42.5 Å². The van der Waals surface area contributed by atoms with Crippen LogP contribution in [0.4, 0.5) is 11.4 Å². The number of aromatic nitrogens is 1. The molecule has 12 nitrogen and oxygen atoms in total. The second kappa shape index (κ2) is 15.6. The third-order valence-corrected chi connectivity index (χ3v) is 9.62. The molecule has 48 heavy (non-hydrogen) atoms. The van der Waals surface area contributed by atoms with E-state index >= 15 is 0 Å². The van der Waals surface area contributed by atoms with E-state index in [9.17, 15) is 27.9 Å². The van der Waals surface area contributed by atoms with Crippen LogP contribution in [0.5, 0.6) is 5.75 Å². The summed E-state index contributed by atoms with van der Waals surface area (Å²) in [4.78, 5) is 45.1. The number of aryl methyl sites for hydroxylation is 1. The Hall–Kier alpha value is -3.78. The van der Waals surface area contributed by atoms with Crippen LogP contribution in [0, 0.1) is 12.3 Å². The van der Waals surface area contributed by atoms with Crippen LogP contribution in [0.1, 0.15) is 56.1 Å². The molecule has 14 heteroatoms. The molecule has 1 fully saturated rings. The van der Waals surface area contributed by atoms with Gasteiger partial charge in [0.25, 0.3) is 5.91 Å². The Morgan fingerprint density at radius 2 is 1.77 bits per heavy atom. The topological polar surface area (TPSA) is 158 Å². The molecular formula is C34H44ClN5O7S. The zero-order valence-electron chi connectivity index (χ0n) is 28.0. The lowest BCUT2D eigenvalue weighted by molar-refractivity contribution is -0.128. The minimum atomic E-state index is -3.66. The SMILES string of the molecule is Cc1cc(NCCN(CCC(=O)Nc2ccc(C(=O)N3CCC(O)CC3)cc2OCC(=O)C(C)(C)C)S(C)(=O)=O)c2cc(Cl)ccc2n1. The molecule has 1 aliphatic heterocycles. The molecule has 0 radical (unpaired) electrons. The van der Waals surface area contributed by atoms with Crippen molar-refractivity contribution in [3.8, 4) is 5.75 Å². The highest BCUT2D eigenvalue weighted by molar-refractivity contribution is 7.88. The summed E-state index contributed by atoms with van der Waals surface area (Å²) in [7, 11) is -3.66. The highest BCUT2D eigenvalue weighted by atomic mass is 35.5. The first-order valence-electron chi connectivity index (χ1n) is 15.8. The fourth-order valence-corrected chi connectivity index (χ4v) is 6.18. The third kappa shape index (κ3) is 10.1. The molecule has 2 aromatic carbocycles. The average Bonchev–Trinajstić information content (AvgIpc) is 3.01. The molecule has 2 amide bonds. The van der Waals surface area contributed by atoms with Crippen LogP contribution in [0.3, 0.4) is 0 Å². The van der Waals surface area contributed by atoms with Crippen molar-refractivity contribution < 1.29 is 32.6 Å². The number of carbonyl (C=O) groups is 3. The van der Waals surface area contributed by atoms with E-state index < -0.39 is 27.4 Å². The number of amides is 2. The van der Waals surface area contributed by atoms with Crippen molar-refractivity contribution in [2.45, 2.75) is 53.1 Å². The maximum atomic E-state index is 13.2. The molecule has 3 aromatic rings. The van der Waals surface area contributed by atoms with Gasteiger partial charge >= 0.3 is 0 Å². The number of hydrogen-bond donors (Lipinski definition) is 3. The van der Waals surface area contributed by atoms with Crippen molar-refractivity contribution in [3.63, 3.8) is 0 Å². The Morgan fingerprint density at radius 1 is 1.06 bits per heavy atom. The summed E-state index contributed by atoms with van der Waals surface area (Å²) in [5.74, 6) is -0.745. The second-order valence-corrected chi connectivity index (χ2v) is 15.5. The molecule has 0 aliphatic carbocycles. The van der Waals surface area contributed by atoms with Crippen LogP contribution in [-0.2, 0) is 19.6 Å². The summed E-state index contributed by atoms with van der Waals surface area (Å²) in [6, 6.07) is 11.8. The predicted octanol–water partition coefficient (Wildman–Crippen LogP) is 4.49. The lowest BCUT2D eigenvalue weighted by Gasteiger charge is -2.29. The Balaban J connectivity index is 1.43. The first-order valence-corrected chi connectivity index (χ1v) is 18.1. The molecular weight excluding hydrogens is 658 g/mol. The number of carbonyl (C=O) groups excluding carboxylic acids is 3. The fourth-order valence-electron chi connectivity index (χ4n) is 5.16. The Morgan fingerprint density at radius 3 is 2.44 bits per heavy atom. The van der Waals surface area contributed by atoms with Gasteiger partial charge in [0.05, 0.1) is 23.6 Å². The highest BCUT2D eigenvalue weighted by Gasteiger charge is 2.26. The molecule has 260 valence electrons. The van der Waals surface area contributed by atoms with Gasteiger partial charge < -0.3 is 25.4 Å². The molecule has 0 atom stereocenters. The number of piperidine rings is 1. The van der Waals surface area contributed by atoms with Crippen molar-refractivity contribution in [2.24, 2.45) is 5.41 Å². The zero-order valence-corrected chi connectivity index (χ0v) is 29.6. The minimum Gasteiger partial charge on any atom is -0.484 e. The fraction of sp³-hybridized carbons (Fsp3) is 0.471. The number of likely N-dealkylation sites (tertiary alicyclic amines) is 1. The highest BCUT2D eigenvalue weighted by Crippen LogP contribution is 2.29. The zero-order chi connectivity index (χ0) is 35.2. The number of halogens is 1. The van der Waals surface area contributed by atoms with E-state index in [0.717, 1.165) is 28.5 Å². The van der Waals surface area contributed by atoms with Gasteiger partial charge in [-0.2, -0.15) is 4.31 Å². The molecule has 1 saturated heterocycles. The van der Waals surface area contributed by atoms with Gasteiger partial charge in [0, 0.05) is 71.9 Å². The Labute approximate surface area is 286 Å². The first-order chi connectivity index (χ1) is 22.5. The van der Waals surface area contributed by atoms with E-state index in [1.165, 1.54) is 16.4 Å². The second-order valence-electron chi connectivity index (χ2n) is 13.1. The smallest absolute Gasteiger partial charge is 0.253 e. The maximum absolute atomic E-state index is 13.2. The van der Waals surface area contributed by atoms with Crippen LogP contribution in [0.25, 0.3) is 10.9 Å². The van der Waals surface area contributed by atoms with Crippen LogP contribution < -0.4 is 15.4 Å². The molecule has 1 aromatic heterocycles. The number of anilines is 2. The van der Waals surface area contributed by atoms with Crippen LogP contribution in [-0.4, -0.2) is 97.0 Å². The standard InChI is InChI=1S/C34H44ClN5O7S/c1-22-18-29(26-20-24(35)7-9-27(26)37-22)36-13-17-40(48(5,45)46)16-12-32(43)38-28-8-6-23(33(44)39-14-10-25(41)11-15-39)19-30(28)47-21-31(42)34(2,3)4/h6-9,18-20,25,41H,10-17,21H2,1-5H3,(H,36,37)(H,38,43). The minimum absolute atomic E-state index is 0.0790. The van der Waals surface area contributed by atoms with Gasteiger partial charge in [0.1, 0.15) is 12.4 Å².